The molecule has 1 saturated heterocycles. The van der Waals surface area contributed by atoms with E-state index in [-0.39, 0.29) is 30.9 Å². The minimum Gasteiger partial charge on any atom is -0.497 e. The molecule has 3 N–H and O–H groups in total. The Labute approximate surface area is 126 Å². The van der Waals surface area contributed by atoms with Gasteiger partial charge >= 0.3 is 0 Å². The van der Waals surface area contributed by atoms with E-state index in [0.29, 0.717) is 6.54 Å². The van der Waals surface area contributed by atoms with Crippen molar-refractivity contribution in [1.82, 2.24) is 4.90 Å². The summed E-state index contributed by atoms with van der Waals surface area (Å²) in [4.78, 5) is 2.30. The molecular formula is C16H26N2O3. The second-order valence-electron chi connectivity index (χ2n) is 5.79. The maximum Gasteiger partial charge on any atom is 0.119 e. The topological polar surface area (TPSA) is 68.0 Å². The van der Waals surface area contributed by atoms with Gasteiger partial charge in [0.1, 0.15) is 5.75 Å². The Morgan fingerprint density at radius 3 is 2.86 bits per heavy atom. The average molecular weight is 294 g/mol. The van der Waals surface area contributed by atoms with Crippen LogP contribution in [0.2, 0.25) is 0 Å². The van der Waals surface area contributed by atoms with E-state index in [1.54, 1.807) is 7.11 Å². The lowest BCUT2D eigenvalue weighted by Gasteiger charge is -2.42. The third kappa shape index (κ3) is 3.95. The van der Waals surface area contributed by atoms with Gasteiger partial charge in [-0.1, -0.05) is 12.1 Å². The number of aliphatic hydroxyl groups is 1. The third-order valence-corrected chi connectivity index (χ3v) is 3.88. The molecule has 4 unspecified atom stereocenters. The Kier molecular flexibility index (Phi) is 5.58. The van der Waals surface area contributed by atoms with E-state index in [9.17, 15) is 5.11 Å². The van der Waals surface area contributed by atoms with Crippen LogP contribution in [0, 0.1) is 0 Å². The first-order valence-corrected chi connectivity index (χ1v) is 7.45. The molecule has 1 aliphatic heterocycles. The summed E-state index contributed by atoms with van der Waals surface area (Å²) in [6, 6.07) is 8.08. The van der Waals surface area contributed by atoms with Gasteiger partial charge in [-0.3, -0.25) is 4.90 Å². The minimum absolute atomic E-state index is 0.0262. The van der Waals surface area contributed by atoms with Crippen LogP contribution in [0.4, 0.5) is 0 Å². The Bertz CT molecular complexity index is 453. The highest BCUT2D eigenvalue weighted by molar-refractivity contribution is 5.31. The fraction of sp³-hybridized carbons (Fsp3) is 0.625. The molecule has 0 aliphatic carbocycles. The van der Waals surface area contributed by atoms with Crippen LogP contribution in [0.15, 0.2) is 24.3 Å². The van der Waals surface area contributed by atoms with Crippen molar-refractivity contribution in [3.63, 3.8) is 0 Å². The largest absolute Gasteiger partial charge is 0.497 e. The van der Waals surface area contributed by atoms with Gasteiger partial charge < -0.3 is 20.3 Å². The molecule has 0 saturated carbocycles. The van der Waals surface area contributed by atoms with Crippen LogP contribution >= 0.6 is 0 Å². The Morgan fingerprint density at radius 1 is 1.48 bits per heavy atom. The number of aliphatic hydroxyl groups excluding tert-OH is 1. The van der Waals surface area contributed by atoms with E-state index in [0.717, 1.165) is 17.9 Å². The Morgan fingerprint density at radius 2 is 2.24 bits per heavy atom. The quantitative estimate of drug-likeness (QED) is 0.853. The predicted octanol–water partition coefficient (Wildman–Crippen LogP) is 1.17. The van der Waals surface area contributed by atoms with Crippen molar-refractivity contribution in [3.8, 4) is 5.75 Å². The number of ether oxygens (including phenoxy) is 2. The number of hydrogen-bond acceptors (Lipinski definition) is 5. The molecule has 5 nitrogen and oxygen atoms in total. The number of methoxy groups -OCH3 is 1. The van der Waals surface area contributed by atoms with Crippen LogP contribution in [0.25, 0.3) is 0 Å². The maximum absolute atomic E-state index is 9.40. The normalized spacial score (nSPS) is 26.3. The molecule has 5 heteroatoms. The molecular weight excluding hydrogens is 268 g/mol. The number of nitrogens with zero attached hydrogens (tertiary/aromatic N) is 1. The minimum atomic E-state index is -0.152. The van der Waals surface area contributed by atoms with Gasteiger partial charge in [0, 0.05) is 25.2 Å². The number of morpholine rings is 1. The van der Waals surface area contributed by atoms with Crippen molar-refractivity contribution in [2.75, 3.05) is 26.8 Å². The standard InChI is InChI=1S/C16H26N2O3/c1-11-8-18(9-15(10-19)21-11)16(12(2)17)13-5-4-6-14(7-13)20-3/h4-7,11-12,15-16,19H,8-10,17H2,1-3H3. The van der Waals surface area contributed by atoms with E-state index in [4.69, 9.17) is 15.2 Å². The van der Waals surface area contributed by atoms with Gasteiger partial charge in [0.15, 0.2) is 0 Å². The van der Waals surface area contributed by atoms with Gasteiger partial charge in [-0.25, -0.2) is 0 Å². The van der Waals surface area contributed by atoms with Crippen molar-refractivity contribution in [2.24, 2.45) is 5.73 Å². The molecule has 1 heterocycles. The highest BCUT2D eigenvalue weighted by atomic mass is 16.5. The summed E-state index contributed by atoms with van der Waals surface area (Å²) in [7, 11) is 1.67. The number of hydrogen-bond donors (Lipinski definition) is 2. The summed E-state index contributed by atoms with van der Waals surface area (Å²) in [6.45, 7) is 5.56. The molecule has 0 aromatic heterocycles. The van der Waals surface area contributed by atoms with Gasteiger partial charge in [-0.05, 0) is 31.5 Å². The van der Waals surface area contributed by atoms with E-state index in [2.05, 4.69) is 11.0 Å². The molecule has 4 atom stereocenters. The first kappa shape index (κ1) is 16.2. The van der Waals surface area contributed by atoms with E-state index in [1.807, 2.05) is 32.0 Å². The number of nitrogens with two attached hydrogens (primary N) is 1. The molecule has 118 valence electrons. The van der Waals surface area contributed by atoms with Crippen molar-refractivity contribution in [1.29, 1.82) is 0 Å². The van der Waals surface area contributed by atoms with Crippen LogP contribution in [0.1, 0.15) is 25.5 Å². The van der Waals surface area contributed by atoms with Crippen molar-refractivity contribution < 1.29 is 14.6 Å². The van der Waals surface area contributed by atoms with Gasteiger partial charge in [0.2, 0.25) is 0 Å². The lowest BCUT2D eigenvalue weighted by molar-refractivity contribution is -0.107. The summed E-state index contributed by atoms with van der Waals surface area (Å²) < 4.78 is 11.0. The van der Waals surface area contributed by atoms with Crippen LogP contribution in [0.3, 0.4) is 0 Å². The molecule has 21 heavy (non-hydrogen) atoms. The first-order chi connectivity index (χ1) is 10.0. The lowest BCUT2D eigenvalue weighted by atomic mass is 9.97. The zero-order chi connectivity index (χ0) is 15.4. The van der Waals surface area contributed by atoms with Crippen LogP contribution < -0.4 is 10.5 Å². The van der Waals surface area contributed by atoms with Gasteiger partial charge in [0.05, 0.1) is 25.9 Å². The first-order valence-electron chi connectivity index (χ1n) is 7.45. The monoisotopic (exact) mass is 294 g/mol. The van der Waals surface area contributed by atoms with Crippen molar-refractivity contribution in [2.45, 2.75) is 38.1 Å². The maximum atomic E-state index is 9.40. The second-order valence-corrected chi connectivity index (χ2v) is 5.79. The fourth-order valence-corrected chi connectivity index (χ4v) is 3.08. The Hall–Kier alpha value is -1.14. The zero-order valence-corrected chi connectivity index (χ0v) is 13.0. The highest BCUT2D eigenvalue weighted by Gasteiger charge is 2.32. The summed E-state index contributed by atoms with van der Waals surface area (Å²) in [5.41, 5.74) is 7.37. The Balaban J connectivity index is 2.25. The zero-order valence-electron chi connectivity index (χ0n) is 13.0. The summed E-state index contributed by atoms with van der Waals surface area (Å²) in [5, 5.41) is 9.40. The van der Waals surface area contributed by atoms with Crippen LogP contribution in [0.5, 0.6) is 5.75 Å². The van der Waals surface area contributed by atoms with Gasteiger partial charge in [0.25, 0.3) is 0 Å². The molecule has 0 radical (unpaired) electrons. The van der Waals surface area contributed by atoms with Gasteiger partial charge in [-0.15, -0.1) is 0 Å². The molecule has 0 spiro atoms. The third-order valence-electron chi connectivity index (χ3n) is 3.88. The van der Waals surface area contributed by atoms with Gasteiger partial charge in [-0.2, -0.15) is 0 Å². The summed E-state index contributed by atoms with van der Waals surface area (Å²) in [5.74, 6) is 0.832. The fourth-order valence-electron chi connectivity index (χ4n) is 3.08. The average Bonchev–Trinajstić information content (AvgIpc) is 2.46. The summed E-state index contributed by atoms with van der Waals surface area (Å²) in [6.07, 6.45) is -0.0663. The number of rotatable bonds is 5. The predicted molar refractivity (Wildman–Crippen MR) is 82.4 cm³/mol. The molecule has 2 rings (SSSR count). The summed E-state index contributed by atoms with van der Waals surface area (Å²) >= 11 is 0. The van der Waals surface area contributed by atoms with Crippen molar-refractivity contribution >= 4 is 0 Å². The van der Waals surface area contributed by atoms with Crippen molar-refractivity contribution in [3.05, 3.63) is 29.8 Å². The molecule has 1 fully saturated rings. The molecule has 0 amide bonds. The van der Waals surface area contributed by atoms with E-state index < -0.39 is 0 Å². The van der Waals surface area contributed by atoms with Crippen LogP contribution in [-0.2, 0) is 4.74 Å². The van der Waals surface area contributed by atoms with Crippen LogP contribution in [-0.4, -0.2) is 55.1 Å². The molecule has 0 bridgehead atoms. The highest BCUT2D eigenvalue weighted by Crippen LogP contribution is 2.29. The smallest absolute Gasteiger partial charge is 0.119 e. The molecule has 1 aliphatic rings. The van der Waals surface area contributed by atoms with E-state index in [1.165, 1.54) is 0 Å². The lowest BCUT2D eigenvalue weighted by Crippen LogP contribution is -2.52. The molecule has 1 aromatic carbocycles. The van der Waals surface area contributed by atoms with E-state index >= 15 is 0 Å². The molecule has 1 aromatic rings. The SMILES string of the molecule is COc1cccc(C(C(C)N)N2CC(C)OC(CO)C2)c1. The second kappa shape index (κ2) is 7.22. The number of benzene rings is 1.